The predicted molar refractivity (Wildman–Crippen MR) is 82.7 cm³/mol. The van der Waals surface area contributed by atoms with Gasteiger partial charge in [0.25, 0.3) is 0 Å². The van der Waals surface area contributed by atoms with Gasteiger partial charge in [0, 0.05) is 24.5 Å². The molecule has 0 fully saturated rings. The van der Waals surface area contributed by atoms with Crippen LogP contribution in [0.5, 0.6) is 5.75 Å². The van der Waals surface area contributed by atoms with Crippen LogP contribution in [-0.2, 0) is 6.54 Å². The molecule has 2 rings (SSSR count). The number of nitrogens with zero attached hydrogens (tertiary/aromatic N) is 2. The van der Waals surface area contributed by atoms with Gasteiger partial charge in [-0.3, -0.25) is 0 Å². The first kappa shape index (κ1) is 15.4. The molecule has 0 spiro atoms. The molecular formula is C16H22FN3O. The Hall–Kier alpha value is -2.04. The molecule has 0 unspecified atom stereocenters. The van der Waals surface area contributed by atoms with Gasteiger partial charge in [-0.25, -0.2) is 9.37 Å². The first-order chi connectivity index (χ1) is 9.99. The number of nitrogens with one attached hydrogen (secondary N) is 1. The Morgan fingerprint density at radius 1 is 1.38 bits per heavy atom. The van der Waals surface area contributed by atoms with Crippen LogP contribution in [0.2, 0.25) is 0 Å². The Labute approximate surface area is 125 Å². The van der Waals surface area contributed by atoms with Gasteiger partial charge in [-0.15, -0.1) is 0 Å². The molecule has 114 valence electrons. The quantitative estimate of drug-likeness (QED) is 0.869. The number of hydrogen-bond donors (Lipinski definition) is 1. The van der Waals surface area contributed by atoms with Crippen molar-refractivity contribution in [3.8, 4) is 5.75 Å². The molecular weight excluding hydrogens is 269 g/mol. The molecule has 1 aromatic heterocycles. The first-order valence-corrected chi connectivity index (χ1v) is 7.22. The molecule has 0 saturated carbocycles. The number of aromatic nitrogens is 2. The van der Waals surface area contributed by atoms with Crippen LogP contribution in [0, 0.1) is 18.7 Å². The van der Waals surface area contributed by atoms with Gasteiger partial charge in [0.1, 0.15) is 0 Å². The predicted octanol–water partition coefficient (Wildman–Crippen LogP) is 4.13. The van der Waals surface area contributed by atoms with E-state index < -0.39 is 0 Å². The molecule has 0 radical (unpaired) electrons. The minimum atomic E-state index is -0.375. The number of imidazole rings is 1. The molecule has 0 saturated heterocycles. The van der Waals surface area contributed by atoms with Crippen LogP contribution in [0.4, 0.5) is 16.0 Å². The van der Waals surface area contributed by atoms with E-state index in [4.69, 9.17) is 4.74 Å². The maximum Gasteiger partial charge on any atom is 0.207 e. The second-order valence-corrected chi connectivity index (χ2v) is 5.46. The third kappa shape index (κ3) is 3.97. The summed E-state index contributed by atoms with van der Waals surface area (Å²) < 4.78 is 21.1. The number of hydrogen-bond acceptors (Lipinski definition) is 3. The van der Waals surface area contributed by atoms with Crippen molar-refractivity contribution in [1.29, 1.82) is 0 Å². The Morgan fingerprint density at radius 2 is 2.14 bits per heavy atom. The highest BCUT2D eigenvalue weighted by Crippen LogP contribution is 2.24. The zero-order valence-electron chi connectivity index (χ0n) is 13.0. The van der Waals surface area contributed by atoms with Gasteiger partial charge in [-0.2, -0.15) is 0 Å². The van der Waals surface area contributed by atoms with Crippen LogP contribution in [0.25, 0.3) is 0 Å². The molecule has 5 heteroatoms. The summed E-state index contributed by atoms with van der Waals surface area (Å²) in [6.07, 6.45) is 1.99. The van der Waals surface area contributed by atoms with Crippen molar-refractivity contribution in [2.24, 2.45) is 5.92 Å². The Kier molecular flexibility index (Phi) is 4.83. The molecule has 21 heavy (non-hydrogen) atoms. The van der Waals surface area contributed by atoms with Crippen molar-refractivity contribution in [1.82, 2.24) is 9.55 Å². The van der Waals surface area contributed by atoms with E-state index in [2.05, 4.69) is 24.1 Å². The van der Waals surface area contributed by atoms with Crippen LogP contribution in [0.3, 0.4) is 0 Å². The molecule has 0 aliphatic carbocycles. The lowest BCUT2D eigenvalue weighted by Gasteiger charge is -2.12. The number of anilines is 2. The maximum absolute atomic E-state index is 13.9. The maximum atomic E-state index is 13.9. The van der Waals surface area contributed by atoms with Gasteiger partial charge in [-0.05, 0) is 31.9 Å². The molecule has 1 N–H and O–H groups in total. The normalized spacial score (nSPS) is 11.0. The lowest BCUT2D eigenvalue weighted by Crippen LogP contribution is -2.07. The van der Waals surface area contributed by atoms with E-state index in [1.165, 1.54) is 6.07 Å². The summed E-state index contributed by atoms with van der Waals surface area (Å²) in [5.74, 6) is 1.13. The number of ether oxygens (including phenoxy) is 1. The van der Waals surface area contributed by atoms with E-state index in [1.54, 1.807) is 12.1 Å². The summed E-state index contributed by atoms with van der Waals surface area (Å²) in [5.41, 5.74) is 1.59. The van der Waals surface area contributed by atoms with E-state index in [1.807, 2.05) is 24.6 Å². The second-order valence-electron chi connectivity index (χ2n) is 5.46. The van der Waals surface area contributed by atoms with Gasteiger partial charge in [-0.1, -0.05) is 13.8 Å². The first-order valence-electron chi connectivity index (χ1n) is 7.22. The number of aryl methyl sites for hydroxylation is 1. The summed E-state index contributed by atoms with van der Waals surface area (Å²) >= 11 is 0. The van der Waals surface area contributed by atoms with Crippen molar-refractivity contribution < 1.29 is 9.13 Å². The Bertz CT molecular complexity index is 608. The zero-order chi connectivity index (χ0) is 15.4. The zero-order valence-corrected chi connectivity index (χ0v) is 13.0. The fraction of sp³-hybridized carbons (Fsp3) is 0.438. The van der Waals surface area contributed by atoms with Crippen molar-refractivity contribution in [3.63, 3.8) is 0 Å². The van der Waals surface area contributed by atoms with Crippen molar-refractivity contribution in [3.05, 3.63) is 35.9 Å². The second kappa shape index (κ2) is 6.61. The Balaban J connectivity index is 2.20. The van der Waals surface area contributed by atoms with Gasteiger partial charge in [0.15, 0.2) is 11.6 Å². The molecule has 0 atom stereocenters. The largest absolute Gasteiger partial charge is 0.491 e. The van der Waals surface area contributed by atoms with Crippen molar-refractivity contribution >= 4 is 11.6 Å². The monoisotopic (exact) mass is 291 g/mol. The summed E-state index contributed by atoms with van der Waals surface area (Å²) in [4.78, 5) is 4.45. The van der Waals surface area contributed by atoms with Crippen LogP contribution in [0.15, 0.2) is 24.4 Å². The smallest absolute Gasteiger partial charge is 0.207 e. The summed E-state index contributed by atoms with van der Waals surface area (Å²) in [5, 5.41) is 3.17. The standard InChI is InChI=1S/C16H22FN3O/c1-5-21-15-7-6-13(8-14(15)17)19-16-18-12(4)10-20(16)9-11(2)3/h6-8,10-11H,5,9H2,1-4H3,(H,18,19). The molecule has 0 aliphatic heterocycles. The van der Waals surface area contributed by atoms with E-state index in [-0.39, 0.29) is 11.6 Å². The number of rotatable bonds is 6. The fourth-order valence-corrected chi connectivity index (χ4v) is 2.16. The number of benzene rings is 1. The van der Waals surface area contributed by atoms with Gasteiger partial charge in [0.2, 0.25) is 5.95 Å². The minimum absolute atomic E-state index is 0.268. The third-order valence-electron chi connectivity index (χ3n) is 2.95. The SMILES string of the molecule is CCOc1ccc(Nc2nc(C)cn2CC(C)C)cc1F. The minimum Gasteiger partial charge on any atom is -0.491 e. The van der Waals surface area contributed by atoms with Crippen LogP contribution >= 0.6 is 0 Å². The summed E-state index contributed by atoms with van der Waals surface area (Å²) in [7, 11) is 0. The van der Waals surface area contributed by atoms with E-state index in [0.717, 1.165) is 18.2 Å². The van der Waals surface area contributed by atoms with E-state index in [9.17, 15) is 4.39 Å². The van der Waals surface area contributed by atoms with Crippen molar-refractivity contribution in [2.45, 2.75) is 34.2 Å². The van der Waals surface area contributed by atoms with Crippen molar-refractivity contribution in [2.75, 3.05) is 11.9 Å². The van der Waals surface area contributed by atoms with Gasteiger partial charge in [0.05, 0.1) is 12.3 Å². The molecule has 0 amide bonds. The van der Waals surface area contributed by atoms with Crippen LogP contribution in [-0.4, -0.2) is 16.2 Å². The molecule has 0 aliphatic rings. The van der Waals surface area contributed by atoms with Crippen LogP contribution < -0.4 is 10.1 Å². The summed E-state index contributed by atoms with van der Waals surface area (Å²) in [6.45, 7) is 9.38. The molecule has 1 aromatic carbocycles. The van der Waals surface area contributed by atoms with E-state index in [0.29, 0.717) is 18.2 Å². The van der Waals surface area contributed by atoms with Gasteiger partial charge >= 0.3 is 0 Å². The summed E-state index contributed by atoms with van der Waals surface area (Å²) in [6, 6.07) is 4.84. The highest BCUT2D eigenvalue weighted by molar-refractivity contribution is 5.55. The molecule has 0 bridgehead atoms. The Morgan fingerprint density at radius 3 is 2.76 bits per heavy atom. The van der Waals surface area contributed by atoms with Crippen LogP contribution in [0.1, 0.15) is 26.5 Å². The average Bonchev–Trinajstić information content (AvgIpc) is 2.72. The average molecular weight is 291 g/mol. The third-order valence-corrected chi connectivity index (χ3v) is 2.95. The highest BCUT2D eigenvalue weighted by atomic mass is 19.1. The fourth-order valence-electron chi connectivity index (χ4n) is 2.16. The lowest BCUT2D eigenvalue weighted by atomic mass is 10.2. The van der Waals surface area contributed by atoms with Gasteiger partial charge < -0.3 is 14.6 Å². The highest BCUT2D eigenvalue weighted by Gasteiger charge is 2.09. The molecule has 2 aromatic rings. The lowest BCUT2D eigenvalue weighted by molar-refractivity contribution is 0.321. The molecule has 4 nitrogen and oxygen atoms in total. The number of halogens is 1. The van der Waals surface area contributed by atoms with E-state index >= 15 is 0 Å². The topological polar surface area (TPSA) is 39.1 Å². The molecule has 1 heterocycles.